The van der Waals surface area contributed by atoms with E-state index in [1.54, 1.807) is 11.6 Å². The van der Waals surface area contributed by atoms with Gasteiger partial charge in [-0.3, -0.25) is 4.79 Å². The van der Waals surface area contributed by atoms with E-state index in [1.165, 1.54) is 48.8 Å². The molecule has 0 spiro atoms. The Bertz CT molecular complexity index is 606. The Labute approximate surface area is 141 Å². The fourth-order valence-corrected chi connectivity index (χ4v) is 3.76. The second-order valence-corrected chi connectivity index (χ2v) is 7.55. The minimum atomic E-state index is 0.303. The van der Waals surface area contributed by atoms with Crippen LogP contribution in [0.25, 0.3) is 0 Å². The van der Waals surface area contributed by atoms with Crippen LogP contribution in [0, 0.1) is 5.41 Å². The lowest BCUT2D eigenvalue weighted by Crippen LogP contribution is -2.19. The van der Waals surface area contributed by atoms with Gasteiger partial charge in [0.25, 0.3) is 0 Å². The highest BCUT2D eigenvalue weighted by atomic mass is 16.1. The standard InChI is InChI=1S/C22H30O/c1-17(14-16-23)10-11-19-8-5-9-20(19)12-13-21-18(2)7-6-15-22(21,3)4/h10-14,16H,5-9,15H2,1-4H3/b11-10+,13-12+,17-14+. The third kappa shape index (κ3) is 4.67. The number of rotatable bonds is 5. The van der Waals surface area contributed by atoms with Crippen molar-refractivity contribution in [1.82, 2.24) is 0 Å². The summed E-state index contributed by atoms with van der Waals surface area (Å²) < 4.78 is 0. The summed E-state index contributed by atoms with van der Waals surface area (Å²) in [6.07, 6.45) is 18.8. The molecule has 0 fully saturated rings. The Kier molecular flexibility index (Phi) is 5.98. The van der Waals surface area contributed by atoms with Crippen molar-refractivity contribution in [2.45, 2.75) is 66.2 Å². The Morgan fingerprint density at radius 1 is 1.00 bits per heavy atom. The lowest BCUT2D eigenvalue weighted by Gasteiger charge is -2.33. The van der Waals surface area contributed by atoms with Crippen molar-refractivity contribution in [2.75, 3.05) is 0 Å². The number of carbonyl (C=O) groups excluding carboxylic acids is 1. The molecule has 0 aromatic carbocycles. The van der Waals surface area contributed by atoms with E-state index in [2.05, 4.69) is 45.1 Å². The van der Waals surface area contributed by atoms with Gasteiger partial charge in [-0.05, 0) is 86.2 Å². The normalized spacial score (nSPS) is 22.7. The zero-order valence-corrected chi connectivity index (χ0v) is 15.1. The minimum Gasteiger partial charge on any atom is -0.299 e. The van der Waals surface area contributed by atoms with E-state index in [4.69, 9.17) is 0 Å². The van der Waals surface area contributed by atoms with Crippen LogP contribution in [0.5, 0.6) is 0 Å². The molecule has 0 atom stereocenters. The van der Waals surface area contributed by atoms with E-state index in [0.29, 0.717) is 5.41 Å². The van der Waals surface area contributed by atoms with Crippen molar-refractivity contribution in [1.29, 1.82) is 0 Å². The van der Waals surface area contributed by atoms with E-state index >= 15 is 0 Å². The van der Waals surface area contributed by atoms with Gasteiger partial charge in [0.2, 0.25) is 0 Å². The first-order chi connectivity index (χ1) is 10.9. The topological polar surface area (TPSA) is 17.1 Å². The van der Waals surface area contributed by atoms with E-state index < -0.39 is 0 Å². The van der Waals surface area contributed by atoms with Crippen LogP contribution in [0.1, 0.15) is 66.2 Å². The van der Waals surface area contributed by atoms with E-state index in [0.717, 1.165) is 18.3 Å². The molecule has 1 heteroatoms. The molecule has 2 rings (SSSR count). The number of carbonyl (C=O) groups is 1. The maximum Gasteiger partial charge on any atom is 0.143 e. The summed E-state index contributed by atoms with van der Waals surface area (Å²) in [6.45, 7) is 8.99. The van der Waals surface area contributed by atoms with Crippen molar-refractivity contribution in [3.05, 3.63) is 58.2 Å². The maximum absolute atomic E-state index is 10.5. The third-order valence-corrected chi connectivity index (χ3v) is 5.18. The van der Waals surface area contributed by atoms with Gasteiger partial charge in [-0.15, -0.1) is 0 Å². The summed E-state index contributed by atoms with van der Waals surface area (Å²) >= 11 is 0. The number of aldehydes is 1. The van der Waals surface area contributed by atoms with Gasteiger partial charge in [-0.25, -0.2) is 0 Å². The summed E-state index contributed by atoms with van der Waals surface area (Å²) in [5.41, 5.74) is 7.28. The molecule has 0 amide bonds. The van der Waals surface area contributed by atoms with Crippen LogP contribution >= 0.6 is 0 Å². The van der Waals surface area contributed by atoms with Crippen LogP contribution in [0.3, 0.4) is 0 Å². The van der Waals surface area contributed by atoms with Crippen molar-refractivity contribution in [3.63, 3.8) is 0 Å². The van der Waals surface area contributed by atoms with Crippen LogP contribution in [-0.4, -0.2) is 6.29 Å². The van der Waals surface area contributed by atoms with Gasteiger partial charge < -0.3 is 0 Å². The van der Waals surface area contributed by atoms with Gasteiger partial charge >= 0.3 is 0 Å². The van der Waals surface area contributed by atoms with Crippen molar-refractivity contribution >= 4 is 6.29 Å². The lowest BCUT2D eigenvalue weighted by molar-refractivity contribution is -0.104. The van der Waals surface area contributed by atoms with Gasteiger partial charge in [-0.2, -0.15) is 0 Å². The largest absolute Gasteiger partial charge is 0.299 e. The zero-order valence-electron chi connectivity index (χ0n) is 15.1. The molecule has 0 saturated carbocycles. The van der Waals surface area contributed by atoms with Crippen molar-refractivity contribution < 1.29 is 4.79 Å². The average Bonchev–Trinajstić information content (AvgIpc) is 2.92. The number of allylic oxidation sites excluding steroid dienone is 10. The fraction of sp³-hybridized carbons (Fsp3) is 0.500. The zero-order chi connectivity index (χ0) is 16.9. The molecule has 0 unspecified atom stereocenters. The molecule has 0 saturated heterocycles. The first kappa shape index (κ1) is 17.7. The van der Waals surface area contributed by atoms with Gasteiger partial charge in [0.15, 0.2) is 0 Å². The molecule has 0 aromatic rings. The monoisotopic (exact) mass is 310 g/mol. The Hall–Kier alpha value is -1.63. The van der Waals surface area contributed by atoms with Gasteiger partial charge in [-0.1, -0.05) is 43.7 Å². The molecule has 2 aliphatic rings. The Morgan fingerprint density at radius 3 is 2.35 bits per heavy atom. The second kappa shape index (κ2) is 7.77. The molecule has 0 bridgehead atoms. The van der Waals surface area contributed by atoms with Gasteiger partial charge in [0.05, 0.1) is 0 Å². The predicted molar refractivity (Wildman–Crippen MR) is 99.3 cm³/mol. The molecular weight excluding hydrogens is 280 g/mol. The van der Waals surface area contributed by atoms with Crippen molar-refractivity contribution in [2.24, 2.45) is 5.41 Å². The summed E-state index contributed by atoms with van der Waals surface area (Å²) in [6, 6.07) is 0. The third-order valence-electron chi connectivity index (χ3n) is 5.18. The van der Waals surface area contributed by atoms with E-state index in [-0.39, 0.29) is 0 Å². The smallest absolute Gasteiger partial charge is 0.143 e. The molecule has 23 heavy (non-hydrogen) atoms. The summed E-state index contributed by atoms with van der Waals surface area (Å²) in [7, 11) is 0. The van der Waals surface area contributed by atoms with E-state index in [9.17, 15) is 4.79 Å². The number of hydrogen-bond acceptors (Lipinski definition) is 1. The van der Waals surface area contributed by atoms with Crippen LogP contribution < -0.4 is 0 Å². The summed E-state index contributed by atoms with van der Waals surface area (Å²) in [4.78, 5) is 10.5. The highest BCUT2D eigenvalue weighted by Crippen LogP contribution is 2.41. The lowest BCUT2D eigenvalue weighted by atomic mass is 9.72. The summed E-state index contributed by atoms with van der Waals surface area (Å²) in [5.74, 6) is 0. The highest BCUT2D eigenvalue weighted by molar-refractivity contribution is 5.67. The van der Waals surface area contributed by atoms with Crippen LogP contribution in [0.15, 0.2) is 58.2 Å². The van der Waals surface area contributed by atoms with Crippen LogP contribution in [-0.2, 0) is 4.79 Å². The first-order valence-electron chi connectivity index (χ1n) is 8.84. The Morgan fingerprint density at radius 2 is 1.70 bits per heavy atom. The molecule has 0 N–H and O–H groups in total. The SMILES string of the molecule is CC1=C(/C=C/C2=C(/C=C/C(C)=C/C=O)CCC2)C(C)(C)CCC1. The second-order valence-electron chi connectivity index (χ2n) is 7.55. The van der Waals surface area contributed by atoms with Gasteiger partial charge in [0, 0.05) is 0 Å². The average molecular weight is 310 g/mol. The predicted octanol–water partition coefficient (Wildman–Crippen LogP) is 6.25. The van der Waals surface area contributed by atoms with Crippen LogP contribution in [0.2, 0.25) is 0 Å². The molecule has 0 aliphatic heterocycles. The maximum atomic E-state index is 10.5. The molecular formula is C22H30O. The molecule has 0 radical (unpaired) electrons. The number of hydrogen-bond donors (Lipinski definition) is 0. The molecule has 0 aromatic heterocycles. The minimum absolute atomic E-state index is 0.303. The van der Waals surface area contributed by atoms with Gasteiger partial charge in [0.1, 0.15) is 6.29 Å². The van der Waals surface area contributed by atoms with Crippen molar-refractivity contribution in [3.8, 4) is 0 Å². The van der Waals surface area contributed by atoms with Crippen LogP contribution in [0.4, 0.5) is 0 Å². The Balaban J connectivity index is 2.21. The molecule has 1 nitrogen and oxygen atoms in total. The first-order valence-corrected chi connectivity index (χ1v) is 8.84. The molecule has 0 heterocycles. The fourth-order valence-electron chi connectivity index (χ4n) is 3.76. The highest BCUT2D eigenvalue weighted by Gasteiger charge is 2.26. The quantitative estimate of drug-likeness (QED) is 0.333. The van der Waals surface area contributed by atoms with E-state index in [1.807, 2.05) is 6.92 Å². The molecule has 124 valence electrons. The molecule has 2 aliphatic carbocycles. The summed E-state index contributed by atoms with van der Waals surface area (Å²) in [5, 5.41) is 0.